The van der Waals surface area contributed by atoms with Gasteiger partial charge in [-0.2, -0.15) is 4.52 Å². The molecular formula is C26H25ClN8O8. The van der Waals surface area contributed by atoms with E-state index in [4.69, 9.17) is 15.9 Å². The van der Waals surface area contributed by atoms with Gasteiger partial charge in [0.2, 0.25) is 11.6 Å². The number of benzene rings is 2. The molecule has 0 aliphatic carbocycles. The Labute approximate surface area is 248 Å². The third kappa shape index (κ3) is 7.00. The number of carboxylic acids is 1. The molecule has 0 bridgehead atoms. The van der Waals surface area contributed by atoms with Crippen LogP contribution in [0.25, 0.3) is 16.7 Å². The van der Waals surface area contributed by atoms with Crippen molar-refractivity contribution in [1.29, 1.82) is 0 Å². The molecule has 5 rings (SSSR count). The Morgan fingerprint density at radius 1 is 1.09 bits per heavy atom. The van der Waals surface area contributed by atoms with E-state index >= 15 is 0 Å². The first-order valence-corrected chi connectivity index (χ1v) is 12.1. The first kappa shape index (κ1) is 31.9. The quantitative estimate of drug-likeness (QED) is 0.163. The number of aromatic carboxylic acids is 1. The van der Waals surface area contributed by atoms with Gasteiger partial charge in [0.1, 0.15) is 17.3 Å². The number of aryl methyl sites for hydroxylation is 1. The number of ether oxygens (including phenoxy) is 1. The zero-order valence-electron chi connectivity index (χ0n) is 22.5. The maximum atomic E-state index is 12.6. The van der Waals surface area contributed by atoms with Gasteiger partial charge in [-0.1, -0.05) is 28.5 Å². The number of methoxy groups -OCH3 is 1. The van der Waals surface area contributed by atoms with Crippen LogP contribution < -0.4 is 16.8 Å². The highest BCUT2D eigenvalue weighted by atomic mass is 35.5. The lowest BCUT2D eigenvalue weighted by atomic mass is 10.0. The first-order valence-electron chi connectivity index (χ1n) is 12.1. The van der Waals surface area contributed by atoms with E-state index in [1.54, 1.807) is 0 Å². The van der Waals surface area contributed by atoms with E-state index in [0.29, 0.717) is 12.4 Å². The second-order valence-electron chi connectivity index (χ2n) is 8.64. The number of hydrogen-bond donors (Lipinski definition) is 5. The van der Waals surface area contributed by atoms with Crippen molar-refractivity contribution in [1.82, 2.24) is 30.1 Å². The van der Waals surface area contributed by atoms with Crippen LogP contribution in [-0.2, 0) is 16.1 Å². The van der Waals surface area contributed by atoms with Gasteiger partial charge in [0.15, 0.2) is 17.2 Å². The van der Waals surface area contributed by atoms with Crippen LogP contribution in [0.3, 0.4) is 0 Å². The highest BCUT2D eigenvalue weighted by Gasteiger charge is 2.25. The molecule has 17 heteroatoms. The van der Waals surface area contributed by atoms with Crippen LogP contribution in [0.15, 0.2) is 52.9 Å². The summed E-state index contributed by atoms with van der Waals surface area (Å²) in [6.07, 6.45) is 0. The Bertz CT molecular complexity index is 1820. The smallest absolute Gasteiger partial charge is 0.354 e. The maximum Gasteiger partial charge on any atom is 0.354 e. The molecule has 0 saturated heterocycles. The number of aromatic hydroxyl groups is 1. The minimum Gasteiger partial charge on any atom is -0.489 e. The van der Waals surface area contributed by atoms with Crippen molar-refractivity contribution >= 4 is 52.9 Å². The molecule has 2 amide bonds. The third-order valence-electron chi connectivity index (χ3n) is 5.83. The van der Waals surface area contributed by atoms with Crippen molar-refractivity contribution in [2.75, 3.05) is 7.11 Å². The van der Waals surface area contributed by atoms with Crippen molar-refractivity contribution < 1.29 is 38.5 Å². The van der Waals surface area contributed by atoms with Crippen LogP contribution in [-0.4, -0.2) is 65.9 Å². The van der Waals surface area contributed by atoms with Gasteiger partial charge in [0.25, 0.3) is 11.8 Å². The normalized spacial score (nSPS) is 11.1. The van der Waals surface area contributed by atoms with Crippen molar-refractivity contribution in [3.05, 3.63) is 82.5 Å². The van der Waals surface area contributed by atoms with Crippen LogP contribution in [0.5, 0.6) is 5.88 Å². The molecule has 1 atom stereocenters. The van der Waals surface area contributed by atoms with Gasteiger partial charge in [0.05, 0.1) is 12.7 Å². The molecule has 0 fully saturated rings. The molecule has 7 N–H and O–H groups in total. The summed E-state index contributed by atoms with van der Waals surface area (Å²) in [6.45, 7) is 2.38. The summed E-state index contributed by atoms with van der Waals surface area (Å²) in [7, 11) is 1.21. The number of oxazole rings is 1. The van der Waals surface area contributed by atoms with Crippen molar-refractivity contribution in [2.45, 2.75) is 19.5 Å². The van der Waals surface area contributed by atoms with Crippen molar-refractivity contribution in [3.63, 3.8) is 0 Å². The highest BCUT2D eigenvalue weighted by Crippen LogP contribution is 2.19. The number of hydrogen-bond acceptors (Lipinski definition) is 12. The number of nitrogens with two attached hydrogens (primary N) is 2. The summed E-state index contributed by atoms with van der Waals surface area (Å²) in [5.74, 6) is -3.89. The summed E-state index contributed by atoms with van der Waals surface area (Å²) in [5, 5.41) is 28.0. The van der Waals surface area contributed by atoms with Gasteiger partial charge in [-0.3, -0.25) is 9.59 Å². The zero-order chi connectivity index (χ0) is 30.6. The monoisotopic (exact) mass is 612 g/mol. The van der Waals surface area contributed by atoms with Gasteiger partial charge >= 0.3 is 11.9 Å². The Balaban J connectivity index is 0.000000324. The Kier molecular flexibility index (Phi) is 9.92. The molecule has 5 aromatic rings. The number of aromatic nitrogens is 5. The molecule has 2 aromatic carbocycles. The molecule has 0 aliphatic heterocycles. The van der Waals surface area contributed by atoms with Gasteiger partial charge in [-0.25, -0.2) is 19.6 Å². The molecule has 16 nitrogen and oxygen atoms in total. The van der Waals surface area contributed by atoms with E-state index in [1.165, 1.54) is 31.4 Å². The van der Waals surface area contributed by atoms with Gasteiger partial charge in [0, 0.05) is 19.5 Å². The molecule has 43 heavy (non-hydrogen) atoms. The summed E-state index contributed by atoms with van der Waals surface area (Å²) < 4.78 is 10.6. The number of halogens is 1. The molecule has 224 valence electrons. The van der Waals surface area contributed by atoms with Crippen LogP contribution in [0, 0.1) is 6.92 Å². The molecule has 0 radical (unpaired) electrons. The van der Waals surface area contributed by atoms with Crippen LogP contribution in [0.4, 0.5) is 0 Å². The lowest BCUT2D eigenvalue weighted by Crippen LogP contribution is -2.38. The van der Waals surface area contributed by atoms with E-state index in [0.717, 1.165) is 27.2 Å². The molecule has 0 unspecified atom stereocenters. The minimum atomic E-state index is -1.45. The van der Waals surface area contributed by atoms with Gasteiger partial charge < -0.3 is 36.2 Å². The summed E-state index contributed by atoms with van der Waals surface area (Å²) in [4.78, 5) is 55.5. The standard InChI is InChI=1S/C17H14N6O7.C9H10N2O.ClH/c1-30-17(29)8-4-2-7(3-5-8)11(12(18)24)20-14(25)9-6-10(16(27)28)23-13(19-9)15(26)21-22-23;1-6-11-8-4-7(5-10)2-3-9(8)12-6;/h2-6,11,26H,1H3,(H2,18,24)(H,20,25)(H,27,28);2-4H,5,10H2,1H3;1H/t11-;;/m1../s1. The fraction of sp³-hybridized carbons (Fsp3) is 0.154. The fourth-order valence-corrected chi connectivity index (χ4v) is 3.80. The van der Waals surface area contributed by atoms with E-state index in [9.17, 15) is 29.4 Å². The second kappa shape index (κ2) is 13.4. The zero-order valence-corrected chi connectivity index (χ0v) is 23.4. The molecule has 0 saturated carbocycles. The fourth-order valence-electron chi connectivity index (χ4n) is 3.80. The summed E-state index contributed by atoms with van der Waals surface area (Å²) >= 11 is 0. The largest absolute Gasteiger partial charge is 0.489 e. The maximum absolute atomic E-state index is 12.6. The number of fused-ring (bicyclic) bond motifs is 2. The number of rotatable bonds is 7. The third-order valence-corrected chi connectivity index (χ3v) is 5.83. The first-order chi connectivity index (χ1) is 20.0. The lowest BCUT2D eigenvalue weighted by Gasteiger charge is -2.16. The number of amides is 2. The summed E-state index contributed by atoms with van der Waals surface area (Å²) in [6, 6.07) is 10.9. The van der Waals surface area contributed by atoms with Crippen LogP contribution in [0.1, 0.15) is 54.4 Å². The van der Waals surface area contributed by atoms with Crippen LogP contribution in [0.2, 0.25) is 0 Å². The molecule has 3 aromatic heterocycles. The van der Waals surface area contributed by atoms with E-state index in [2.05, 4.69) is 30.3 Å². The average Bonchev–Trinajstić information content (AvgIpc) is 3.55. The van der Waals surface area contributed by atoms with E-state index in [-0.39, 0.29) is 29.2 Å². The number of carbonyl (C=O) groups is 4. The second-order valence-corrected chi connectivity index (χ2v) is 8.64. The molecule has 0 spiro atoms. The SMILES string of the molecule is COC(=O)c1ccc([C@@H](NC(=O)c2cc(C(=O)O)n3nnc(O)c3n2)C(N)=O)cc1.Cc1nc2cc(CN)ccc2o1.Cl. The lowest BCUT2D eigenvalue weighted by molar-refractivity contribution is -0.120. The summed E-state index contributed by atoms with van der Waals surface area (Å²) in [5.41, 5.74) is 12.9. The minimum absolute atomic E-state index is 0. The van der Waals surface area contributed by atoms with Gasteiger partial charge in [-0.05, 0) is 35.4 Å². The van der Waals surface area contributed by atoms with E-state index < -0.39 is 47.1 Å². The Hall–Kier alpha value is -5.61. The average molecular weight is 613 g/mol. The number of primary amides is 1. The van der Waals surface area contributed by atoms with Gasteiger partial charge in [-0.15, -0.1) is 12.4 Å². The molecular weight excluding hydrogens is 588 g/mol. The predicted molar refractivity (Wildman–Crippen MR) is 150 cm³/mol. The molecule has 0 aliphatic rings. The van der Waals surface area contributed by atoms with E-state index in [1.807, 2.05) is 25.1 Å². The highest BCUT2D eigenvalue weighted by molar-refractivity contribution is 5.98. The number of nitrogens with one attached hydrogen (secondary N) is 1. The van der Waals surface area contributed by atoms with Crippen molar-refractivity contribution in [2.24, 2.45) is 11.5 Å². The number of carbonyl (C=O) groups excluding carboxylic acids is 3. The number of nitrogens with zero attached hydrogens (tertiary/aromatic N) is 5. The van der Waals surface area contributed by atoms with Crippen LogP contribution >= 0.6 is 12.4 Å². The van der Waals surface area contributed by atoms with Crippen molar-refractivity contribution in [3.8, 4) is 5.88 Å². The predicted octanol–water partition coefficient (Wildman–Crippen LogP) is 1.29. The Morgan fingerprint density at radius 3 is 2.40 bits per heavy atom. The Morgan fingerprint density at radius 2 is 1.79 bits per heavy atom. The topological polar surface area (TPSA) is 251 Å². The molecule has 3 heterocycles. The number of carboxylic acid groups (broad SMARTS) is 1. The number of esters is 1.